The highest BCUT2D eigenvalue weighted by atomic mass is 32.1. The average molecular weight is 282 g/mol. The van der Waals surface area contributed by atoms with E-state index in [0.29, 0.717) is 18.1 Å². The van der Waals surface area contributed by atoms with Crippen molar-refractivity contribution in [2.75, 3.05) is 26.7 Å². The van der Waals surface area contributed by atoms with E-state index in [2.05, 4.69) is 4.90 Å². The van der Waals surface area contributed by atoms with Crippen LogP contribution < -0.4 is 10.5 Å². The van der Waals surface area contributed by atoms with Gasteiger partial charge in [0.05, 0.1) is 12.7 Å². The first kappa shape index (κ1) is 15.9. The topological polar surface area (TPSA) is 58.7 Å². The number of benzene rings is 1. The Labute approximate surface area is 120 Å². The normalized spacial score (nSPS) is 12.4. The van der Waals surface area contributed by atoms with E-state index in [1.807, 2.05) is 31.3 Å². The predicted octanol–water partition coefficient (Wildman–Crippen LogP) is 1.40. The van der Waals surface area contributed by atoms with Crippen molar-refractivity contribution in [1.29, 1.82) is 0 Å². The average Bonchev–Trinajstić information content (AvgIpc) is 2.34. The molecule has 0 saturated heterocycles. The first-order valence-electron chi connectivity index (χ1n) is 6.38. The summed E-state index contributed by atoms with van der Waals surface area (Å²) in [4.78, 5) is 2.46. The second-order valence-electron chi connectivity index (χ2n) is 4.71. The van der Waals surface area contributed by atoms with Crippen LogP contribution in [0.2, 0.25) is 0 Å². The molecule has 0 fully saturated rings. The third-order valence-electron chi connectivity index (χ3n) is 2.65. The predicted molar refractivity (Wildman–Crippen MR) is 81.6 cm³/mol. The molecule has 0 amide bonds. The Kier molecular flexibility index (Phi) is 6.77. The van der Waals surface area contributed by atoms with Crippen molar-refractivity contribution in [3.8, 4) is 5.75 Å². The highest BCUT2D eigenvalue weighted by molar-refractivity contribution is 7.80. The van der Waals surface area contributed by atoms with Crippen LogP contribution in [-0.2, 0) is 0 Å². The maximum absolute atomic E-state index is 9.24. The minimum atomic E-state index is -0.298. The van der Waals surface area contributed by atoms with Gasteiger partial charge in [0.15, 0.2) is 0 Å². The Morgan fingerprint density at radius 3 is 2.89 bits per heavy atom. The summed E-state index contributed by atoms with van der Waals surface area (Å²) in [6, 6.07) is 7.48. The van der Waals surface area contributed by atoms with Crippen molar-refractivity contribution in [2.24, 2.45) is 5.73 Å². The van der Waals surface area contributed by atoms with Crippen molar-refractivity contribution in [1.82, 2.24) is 4.90 Å². The van der Waals surface area contributed by atoms with Gasteiger partial charge in [0.2, 0.25) is 0 Å². The van der Waals surface area contributed by atoms with Crippen LogP contribution in [0.3, 0.4) is 0 Å². The largest absolute Gasteiger partial charge is 0.494 e. The molecule has 4 nitrogen and oxygen atoms in total. The van der Waals surface area contributed by atoms with Crippen LogP contribution in [0.15, 0.2) is 24.3 Å². The van der Waals surface area contributed by atoms with Crippen LogP contribution in [-0.4, -0.2) is 47.8 Å². The van der Waals surface area contributed by atoms with E-state index in [0.717, 1.165) is 24.3 Å². The number of hydrogen-bond acceptors (Lipinski definition) is 4. The van der Waals surface area contributed by atoms with E-state index in [-0.39, 0.29) is 6.10 Å². The molecule has 0 spiro atoms. The third kappa shape index (κ3) is 6.52. The SMILES string of the molecule is CC(O)CN(C)CCCOc1cccc(C(N)=S)c1. The molecule has 1 rings (SSSR count). The molecular formula is C14H22N2O2S. The molecule has 5 heteroatoms. The van der Waals surface area contributed by atoms with Gasteiger partial charge in [-0.2, -0.15) is 0 Å². The zero-order valence-corrected chi connectivity index (χ0v) is 12.3. The van der Waals surface area contributed by atoms with Crippen molar-refractivity contribution < 1.29 is 9.84 Å². The van der Waals surface area contributed by atoms with E-state index in [9.17, 15) is 5.11 Å². The molecule has 1 aromatic carbocycles. The number of thiocarbonyl (C=S) groups is 1. The summed E-state index contributed by atoms with van der Waals surface area (Å²) in [5.41, 5.74) is 6.39. The molecular weight excluding hydrogens is 260 g/mol. The van der Waals surface area contributed by atoms with Crippen LogP contribution >= 0.6 is 12.2 Å². The fraction of sp³-hybridized carbons (Fsp3) is 0.500. The summed E-state index contributed by atoms with van der Waals surface area (Å²) < 4.78 is 5.65. The molecule has 0 heterocycles. The number of ether oxygens (including phenoxy) is 1. The van der Waals surface area contributed by atoms with Gasteiger partial charge in [0.25, 0.3) is 0 Å². The summed E-state index contributed by atoms with van der Waals surface area (Å²) >= 11 is 4.92. The van der Waals surface area contributed by atoms with Crippen LogP contribution in [0.25, 0.3) is 0 Å². The van der Waals surface area contributed by atoms with Gasteiger partial charge in [0.1, 0.15) is 10.7 Å². The van der Waals surface area contributed by atoms with Crippen molar-refractivity contribution in [2.45, 2.75) is 19.4 Å². The van der Waals surface area contributed by atoms with Gasteiger partial charge in [-0.3, -0.25) is 0 Å². The van der Waals surface area contributed by atoms with E-state index in [4.69, 9.17) is 22.7 Å². The highest BCUT2D eigenvalue weighted by Gasteiger charge is 2.03. The zero-order chi connectivity index (χ0) is 14.3. The Hall–Kier alpha value is -1.17. The van der Waals surface area contributed by atoms with Crippen LogP contribution in [0, 0.1) is 0 Å². The third-order valence-corrected chi connectivity index (χ3v) is 2.88. The van der Waals surface area contributed by atoms with Crippen LogP contribution in [0.4, 0.5) is 0 Å². The van der Waals surface area contributed by atoms with Gasteiger partial charge in [-0.05, 0) is 32.5 Å². The van der Waals surface area contributed by atoms with E-state index >= 15 is 0 Å². The van der Waals surface area contributed by atoms with Crippen LogP contribution in [0.5, 0.6) is 5.75 Å². The zero-order valence-electron chi connectivity index (χ0n) is 11.5. The molecule has 0 bridgehead atoms. The molecule has 0 aromatic heterocycles. The Balaban J connectivity index is 2.29. The molecule has 0 saturated carbocycles. The number of rotatable bonds is 8. The van der Waals surface area contributed by atoms with Gasteiger partial charge >= 0.3 is 0 Å². The van der Waals surface area contributed by atoms with E-state index < -0.39 is 0 Å². The number of likely N-dealkylation sites (N-methyl/N-ethyl adjacent to an activating group) is 1. The first-order chi connectivity index (χ1) is 8.99. The number of aliphatic hydroxyl groups excluding tert-OH is 1. The summed E-state index contributed by atoms with van der Waals surface area (Å²) in [7, 11) is 1.99. The molecule has 3 N–H and O–H groups in total. The summed E-state index contributed by atoms with van der Waals surface area (Å²) in [5.74, 6) is 0.781. The lowest BCUT2D eigenvalue weighted by molar-refractivity contribution is 0.137. The van der Waals surface area contributed by atoms with Gasteiger partial charge in [0, 0.05) is 18.7 Å². The molecule has 1 atom stereocenters. The summed E-state index contributed by atoms with van der Waals surface area (Å²) in [6.45, 7) is 3.98. The van der Waals surface area contributed by atoms with Gasteiger partial charge in [-0.25, -0.2) is 0 Å². The Bertz CT molecular complexity index is 410. The molecule has 106 valence electrons. The van der Waals surface area contributed by atoms with Gasteiger partial charge in [-0.15, -0.1) is 0 Å². The second kappa shape index (κ2) is 8.09. The number of aliphatic hydroxyl groups is 1. The van der Waals surface area contributed by atoms with E-state index in [1.54, 1.807) is 6.92 Å². The smallest absolute Gasteiger partial charge is 0.119 e. The van der Waals surface area contributed by atoms with Crippen molar-refractivity contribution >= 4 is 17.2 Å². The lowest BCUT2D eigenvalue weighted by Gasteiger charge is -2.18. The number of hydrogen-bond donors (Lipinski definition) is 2. The maximum Gasteiger partial charge on any atom is 0.119 e. The quantitative estimate of drug-likeness (QED) is 0.557. The minimum Gasteiger partial charge on any atom is -0.494 e. The molecule has 0 aliphatic heterocycles. The standard InChI is InChI=1S/C14H22N2O2S/c1-11(17)10-16(2)7-4-8-18-13-6-3-5-12(9-13)14(15)19/h3,5-6,9,11,17H,4,7-8,10H2,1-2H3,(H2,15,19). The fourth-order valence-corrected chi connectivity index (χ4v) is 1.93. The first-order valence-corrected chi connectivity index (χ1v) is 6.79. The summed E-state index contributed by atoms with van der Waals surface area (Å²) in [6.07, 6.45) is 0.605. The van der Waals surface area contributed by atoms with Crippen molar-refractivity contribution in [3.05, 3.63) is 29.8 Å². The Morgan fingerprint density at radius 1 is 1.53 bits per heavy atom. The molecule has 0 radical (unpaired) electrons. The van der Waals surface area contributed by atoms with Gasteiger partial charge in [-0.1, -0.05) is 24.4 Å². The lowest BCUT2D eigenvalue weighted by atomic mass is 10.2. The molecule has 19 heavy (non-hydrogen) atoms. The highest BCUT2D eigenvalue weighted by Crippen LogP contribution is 2.13. The number of nitrogens with two attached hydrogens (primary N) is 1. The second-order valence-corrected chi connectivity index (χ2v) is 5.15. The Morgan fingerprint density at radius 2 is 2.26 bits per heavy atom. The number of nitrogens with zero attached hydrogens (tertiary/aromatic N) is 1. The van der Waals surface area contributed by atoms with Crippen LogP contribution in [0.1, 0.15) is 18.9 Å². The monoisotopic (exact) mass is 282 g/mol. The van der Waals surface area contributed by atoms with Gasteiger partial charge < -0.3 is 20.5 Å². The summed E-state index contributed by atoms with van der Waals surface area (Å²) in [5, 5.41) is 9.24. The maximum atomic E-state index is 9.24. The molecule has 0 aliphatic carbocycles. The van der Waals surface area contributed by atoms with E-state index in [1.165, 1.54) is 0 Å². The lowest BCUT2D eigenvalue weighted by Crippen LogP contribution is -2.28. The minimum absolute atomic E-state index is 0.298. The molecule has 1 aromatic rings. The van der Waals surface area contributed by atoms with Crippen molar-refractivity contribution in [3.63, 3.8) is 0 Å². The fourth-order valence-electron chi connectivity index (χ4n) is 1.81. The molecule has 0 aliphatic rings. The molecule has 1 unspecified atom stereocenters.